The van der Waals surface area contributed by atoms with Crippen LogP contribution in [0.3, 0.4) is 0 Å². The number of carbonyl (C=O) groups excluding carboxylic acids is 1. The maximum absolute atomic E-state index is 11.9. The van der Waals surface area contributed by atoms with Gasteiger partial charge in [0.15, 0.2) is 11.9 Å². The zero-order valence-electron chi connectivity index (χ0n) is 11.6. The molecule has 0 aromatic carbocycles. The number of oxazole rings is 1. The first-order valence-electron chi connectivity index (χ1n) is 5.96. The fourth-order valence-corrected chi connectivity index (χ4v) is 1.51. The molecule has 1 aromatic rings. The number of aromatic nitrogens is 1. The molecule has 0 radical (unpaired) electrons. The monoisotopic (exact) mass is 268 g/mol. The molecule has 2 amide bonds. The van der Waals surface area contributed by atoms with Crippen molar-refractivity contribution in [1.29, 1.82) is 0 Å². The Morgan fingerprint density at radius 1 is 1.53 bits per heavy atom. The summed E-state index contributed by atoms with van der Waals surface area (Å²) in [5.41, 5.74) is 8.99. The number of guanidine groups is 1. The van der Waals surface area contributed by atoms with Gasteiger partial charge in [0.2, 0.25) is 0 Å². The summed E-state index contributed by atoms with van der Waals surface area (Å²) in [6.07, 6.45) is 0. The van der Waals surface area contributed by atoms with E-state index in [2.05, 4.69) is 20.7 Å². The van der Waals surface area contributed by atoms with Crippen molar-refractivity contribution in [2.24, 2.45) is 10.7 Å². The Morgan fingerprint density at radius 2 is 2.21 bits per heavy atom. The normalized spacial score (nSPS) is 11.5. The number of nitrogens with two attached hydrogens (primary N) is 1. The predicted octanol–water partition coefficient (Wildman–Crippen LogP) is 0.272. The third-order valence-electron chi connectivity index (χ3n) is 2.39. The van der Waals surface area contributed by atoms with Gasteiger partial charge in [-0.15, -0.1) is 0 Å². The van der Waals surface area contributed by atoms with Gasteiger partial charge in [-0.1, -0.05) is 0 Å². The minimum absolute atomic E-state index is 0.0841. The molecular weight excluding hydrogens is 248 g/mol. The van der Waals surface area contributed by atoms with Crippen LogP contribution in [0.4, 0.5) is 4.79 Å². The van der Waals surface area contributed by atoms with Crippen molar-refractivity contribution in [3.63, 3.8) is 0 Å². The van der Waals surface area contributed by atoms with Gasteiger partial charge in [0.1, 0.15) is 11.5 Å². The number of amides is 2. The molecule has 0 aliphatic rings. The largest absolute Gasteiger partial charge is 0.446 e. The van der Waals surface area contributed by atoms with Crippen LogP contribution in [0, 0.1) is 13.8 Å². The first-order chi connectivity index (χ1) is 8.97. The highest BCUT2D eigenvalue weighted by Crippen LogP contribution is 2.10. The van der Waals surface area contributed by atoms with Crippen molar-refractivity contribution in [2.45, 2.75) is 27.3 Å². The minimum Gasteiger partial charge on any atom is -0.446 e. The van der Waals surface area contributed by atoms with Crippen LogP contribution in [0.1, 0.15) is 24.3 Å². The number of nitrogens with one attached hydrogen (secondary N) is 2. The molecule has 19 heavy (non-hydrogen) atoms. The number of rotatable bonds is 4. The van der Waals surface area contributed by atoms with Gasteiger partial charge in [-0.05, 0) is 13.8 Å². The molecule has 0 spiro atoms. The number of hydrogen-bond donors (Lipinski definition) is 3. The molecule has 8 nitrogen and oxygen atoms in total. The van der Waals surface area contributed by atoms with Gasteiger partial charge in [0.25, 0.3) is 0 Å². The van der Waals surface area contributed by atoms with Gasteiger partial charge in [-0.2, -0.15) is 0 Å². The predicted molar refractivity (Wildman–Crippen MR) is 71.3 cm³/mol. The SMILES string of the molecule is CC/N=C(/N)NC(=O)N(Cc1nc(C)oc1C)NC. The van der Waals surface area contributed by atoms with Crippen LogP contribution >= 0.6 is 0 Å². The molecule has 0 fully saturated rings. The zero-order valence-corrected chi connectivity index (χ0v) is 11.6. The molecule has 0 atom stereocenters. The van der Waals surface area contributed by atoms with Crippen LogP contribution in [-0.2, 0) is 6.54 Å². The van der Waals surface area contributed by atoms with E-state index in [1.165, 1.54) is 5.01 Å². The number of aryl methyl sites for hydroxylation is 2. The molecule has 1 heterocycles. The molecule has 1 rings (SSSR count). The Bertz CT molecular complexity index is 468. The lowest BCUT2D eigenvalue weighted by Gasteiger charge is -2.20. The molecular formula is C11H20N6O2. The summed E-state index contributed by atoms with van der Waals surface area (Å²) in [4.78, 5) is 20.0. The van der Waals surface area contributed by atoms with Gasteiger partial charge >= 0.3 is 6.03 Å². The molecule has 8 heteroatoms. The van der Waals surface area contributed by atoms with Crippen molar-refractivity contribution >= 4 is 12.0 Å². The van der Waals surface area contributed by atoms with Gasteiger partial charge in [0.05, 0.1) is 6.54 Å². The van der Waals surface area contributed by atoms with E-state index in [4.69, 9.17) is 10.2 Å². The first-order valence-corrected chi connectivity index (χ1v) is 5.96. The number of carbonyl (C=O) groups is 1. The van der Waals surface area contributed by atoms with E-state index in [0.29, 0.717) is 23.9 Å². The Morgan fingerprint density at radius 3 is 2.68 bits per heavy atom. The zero-order chi connectivity index (χ0) is 14.4. The molecule has 106 valence electrons. The Hall–Kier alpha value is -2.09. The number of hydrogen-bond acceptors (Lipinski definition) is 5. The van der Waals surface area contributed by atoms with E-state index in [1.54, 1.807) is 20.9 Å². The topological polar surface area (TPSA) is 109 Å². The summed E-state index contributed by atoms with van der Waals surface area (Å²) in [6.45, 7) is 6.16. The van der Waals surface area contributed by atoms with E-state index in [1.807, 2.05) is 6.92 Å². The van der Waals surface area contributed by atoms with Gasteiger partial charge in [0, 0.05) is 20.5 Å². The number of nitrogens with zero attached hydrogens (tertiary/aromatic N) is 3. The van der Waals surface area contributed by atoms with Crippen molar-refractivity contribution in [3.8, 4) is 0 Å². The highest BCUT2D eigenvalue weighted by atomic mass is 16.4. The number of urea groups is 1. The quantitative estimate of drug-likeness (QED) is 0.412. The Labute approximate surface area is 112 Å². The molecule has 0 aliphatic carbocycles. The maximum Gasteiger partial charge on any atom is 0.338 e. The highest BCUT2D eigenvalue weighted by Gasteiger charge is 2.17. The lowest BCUT2D eigenvalue weighted by molar-refractivity contribution is 0.177. The molecule has 1 aromatic heterocycles. The van der Waals surface area contributed by atoms with Crippen LogP contribution in [0.2, 0.25) is 0 Å². The summed E-state index contributed by atoms with van der Waals surface area (Å²) >= 11 is 0. The van der Waals surface area contributed by atoms with Crippen LogP contribution in [0.25, 0.3) is 0 Å². The molecule has 0 saturated carbocycles. The van der Waals surface area contributed by atoms with E-state index in [0.717, 1.165) is 0 Å². The van der Waals surface area contributed by atoms with Crippen molar-refractivity contribution in [3.05, 3.63) is 17.3 Å². The first kappa shape index (κ1) is 15.0. The second-order valence-electron chi connectivity index (χ2n) is 3.84. The number of hydrazine groups is 1. The molecule has 0 bridgehead atoms. The van der Waals surface area contributed by atoms with Gasteiger partial charge in [-0.25, -0.2) is 15.2 Å². The number of aliphatic imine (C=N–C) groups is 1. The summed E-state index contributed by atoms with van der Waals surface area (Å²) < 4.78 is 5.31. The van der Waals surface area contributed by atoms with Crippen molar-refractivity contribution < 1.29 is 9.21 Å². The lowest BCUT2D eigenvalue weighted by Crippen LogP contribution is -2.50. The summed E-state index contributed by atoms with van der Waals surface area (Å²) in [5.74, 6) is 1.33. The summed E-state index contributed by atoms with van der Waals surface area (Å²) in [6, 6.07) is -0.405. The van der Waals surface area contributed by atoms with Gasteiger partial charge < -0.3 is 10.2 Å². The van der Waals surface area contributed by atoms with Crippen LogP contribution in [0.5, 0.6) is 0 Å². The third kappa shape index (κ3) is 4.25. The molecule has 0 aliphatic heterocycles. The molecule has 0 unspecified atom stereocenters. The van der Waals surface area contributed by atoms with E-state index in [-0.39, 0.29) is 12.5 Å². The lowest BCUT2D eigenvalue weighted by atomic mass is 10.3. The molecule has 0 saturated heterocycles. The summed E-state index contributed by atoms with van der Waals surface area (Å²) in [5, 5.41) is 3.81. The molecule has 4 N–H and O–H groups in total. The third-order valence-corrected chi connectivity index (χ3v) is 2.39. The Balaban J connectivity index is 2.70. The standard InChI is InChI=1S/C11H20N6O2/c1-5-14-10(12)16-11(18)17(13-4)6-9-7(2)19-8(3)15-9/h13H,5-6H2,1-4H3,(H3,12,14,16,18). The summed E-state index contributed by atoms with van der Waals surface area (Å²) in [7, 11) is 1.63. The highest BCUT2D eigenvalue weighted by molar-refractivity contribution is 5.95. The Kier molecular flexibility index (Phi) is 5.31. The smallest absolute Gasteiger partial charge is 0.338 e. The van der Waals surface area contributed by atoms with Crippen LogP contribution < -0.4 is 16.5 Å². The van der Waals surface area contributed by atoms with Crippen LogP contribution in [0.15, 0.2) is 9.41 Å². The maximum atomic E-state index is 11.9. The van der Waals surface area contributed by atoms with Crippen LogP contribution in [-0.4, -0.2) is 35.6 Å². The van der Waals surface area contributed by atoms with E-state index in [9.17, 15) is 4.79 Å². The average Bonchev–Trinajstić information content (AvgIpc) is 2.64. The second-order valence-corrected chi connectivity index (χ2v) is 3.84. The average molecular weight is 268 g/mol. The fraction of sp³-hybridized carbons (Fsp3) is 0.545. The van der Waals surface area contributed by atoms with Gasteiger partial charge in [-0.3, -0.25) is 15.3 Å². The minimum atomic E-state index is -0.405. The van der Waals surface area contributed by atoms with Crippen molar-refractivity contribution in [2.75, 3.05) is 13.6 Å². The fourth-order valence-electron chi connectivity index (χ4n) is 1.51. The second kappa shape index (κ2) is 6.74. The van der Waals surface area contributed by atoms with E-state index < -0.39 is 6.03 Å². The van der Waals surface area contributed by atoms with Crippen molar-refractivity contribution in [1.82, 2.24) is 20.7 Å². The van der Waals surface area contributed by atoms with E-state index >= 15 is 0 Å².